The molecule has 18 heavy (non-hydrogen) atoms. The maximum atomic E-state index is 11.0. The number of aromatic carboxylic acids is 2. The molecular formula is C8H6BrNaO7S. The van der Waals surface area contributed by atoms with Crippen molar-refractivity contribution in [3.8, 4) is 0 Å². The van der Waals surface area contributed by atoms with Gasteiger partial charge in [0.25, 0.3) is 10.1 Å². The van der Waals surface area contributed by atoms with Crippen LogP contribution in [0.2, 0.25) is 0 Å². The molecule has 0 fully saturated rings. The van der Waals surface area contributed by atoms with E-state index < -0.39 is 38.1 Å². The Balaban J connectivity index is 0. The second-order valence-electron chi connectivity index (χ2n) is 2.88. The zero-order valence-electron chi connectivity index (χ0n) is 9.92. The van der Waals surface area contributed by atoms with Gasteiger partial charge in [-0.1, -0.05) is 0 Å². The molecule has 10 heteroatoms. The number of carbonyl (C=O) groups is 2. The third kappa shape index (κ3) is 3.53. The smallest absolute Gasteiger partial charge is 1.00 e. The van der Waals surface area contributed by atoms with E-state index in [1.807, 2.05) is 0 Å². The normalized spacial score (nSPS) is 10.6. The first kappa shape index (κ1) is 17.6. The van der Waals surface area contributed by atoms with Crippen molar-refractivity contribution in [1.29, 1.82) is 0 Å². The van der Waals surface area contributed by atoms with Crippen molar-refractivity contribution in [3.63, 3.8) is 0 Å². The molecule has 0 aliphatic rings. The summed E-state index contributed by atoms with van der Waals surface area (Å²) in [6.45, 7) is 0. The quantitative estimate of drug-likeness (QED) is 0.434. The molecule has 0 aromatic heterocycles. The van der Waals surface area contributed by atoms with Gasteiger partial charge in [-0.25, -0.2) is 9.59 Å². The largest absolute Gasteiger partial charge is 1.00 e. The number of carboxylic acids is 2. The maximum Gasteiger partial charge on any atom is 1.00 e. The predicted octanol–water partition coefficient (Wildman–Crippen LogP) is -1.79. The maximum absolute atomic E-state index is 11.0. The van der Waals surface area contributed by atoms with Crippen LogP contribution in [0.25, 0.3) is 0 Å². The summed E-state index contributed by atoms with van der Waals surface area (Å²) < 4.78 is 30.7. The summed E-state index contributed by atoms with van der Waals surface area (Å²) in [5.74, 6) is -3.38. The van der Waals surface area contributed by atoms with Crippen molar-refractivity contribution in [2.45, 2.75) is 4.90 Å². The van der Waals surface area contributed by atoms with Crippen LogP contribution in [-0.2, 0) is 10.1 Å². The minimum absolute atomic E-state index is 0. The minimum Gasteiger partial charge on any atom is -1.00 e. The number of benzene rings is 1. The Morgan fingerprint density at radius 1 is 1.17 bits per heavy atom. The number of halogens is 1. The van der Waals surface area contributed by atoms with E-state index in [-0.39, 0.29) is 35.5 Å². The fourth-order valence-corrected chi connectivity index (χ4v) is 2.91. The topological polar surface area (TPSA) is 129 Å². The second-order valence-corrected chi connectivity index (χ2v) is 5.10. The first-order valence-electron chi connectivity index (χ1n) is 3.93. The van der Waals surface area contributed by atoms with Gasteiger partial charge in [0, 0.05) is 4.47 Å². The van der Waals surface area contributed by atoms with Crippen molar-refractivity contribution in [3.05, 3.63) is 27.7 Å². The molecule has 1 rings (SSSR count). The molecule has 0 radical (unpaired) electrons. The molecule has 0 heterocycles. The van der Waals surface area contributed by atoms with E-state index in [0.717, 1.165) is 12.1 Å². The molecule has 0 bridgehead atoms. The molecule has 0 spiro atoms. The first-order chi connectivity index (χ1) is 7.66. The summed E-state index contributed by atoms with van der Waals surface area (Å²) in [5, 5.41) is 17.6. The molecule has 0 unspecified atom stereocenters. The van der Waals surface area contributed by atoms with Crippen molar-refractivity contribution >= 4 is 38.0 Å². The SMILES string of the molecule is O=C(O)c1ccc(Br)c(S(=O)(=O)O)c1C(=O)O.[H-].[Na+]. The number of carboxylic acid groups (broad SMARTS) is 2. The minimum atomic E-state index is -4.86. The Morgan fingerprint density at radius 2 is 1.67 bits per heavy atom. The van der Waals surface area contributed by atoms with Gasteiger partial charge >= 0.3 is 41.5 Å². The van der Waals surface area contributed by atoms with Crippen molar-refractivity contribution in [2.75, 3.05) is 0 Å². The van der Waals surface area contributed by atoms with E-state index in [1.54, 1.807) is 0 Å². The van der Waals surface area contributed by atoms with Crippen LogP contribution in [0.3, 0.4) is 0 Å². The van der Waals surface area contributed by atoms with Gasteiger partial charge in [-0.05, 0) is 28.1 Å². The van der Waals surface area contributed by atoms with Crippen molar-refractivity contribution < 1.29 is 63.8 Å². The summed E-state index contributed by atoms with van der Waals surface area (Å²) in [7, 11) is -4.86. The van der Waals surface area contributed by atoms with E-state index in [9.17, 15) is 18.0 Å². The molecule has 0 aliphatic carbocycles. The van der Waals surface area contributed by atoms with Crippen LogP contribution >= 0.6 is 15.9 Å². The molecule has 1 aromatic carbocycles. The monoisotopic (exact) mass is 348 g/mol. The molecule has 0 atom stereocenters. The fourth-order valence-electron chi connectivity index (χ4n) is 1.20. The molecule has 94 valence electrons. The van der Waals surface area contributed by atoms with Gasteiger partial charge in [-0.15, -0.1) is 0 Å². The Hall–Kier alpha value is -0.450. The van der Waals surface area contributed by atoms with Crippen LogP contribution in [0.5, 0.6) is 0 Å². The summed E-state index contributed by atoms with van der Waals surface area (Å²) in [5.41, 5.74) is -1.72. The van der Waals surface area contributed by atoms with Crippen LogP contribution < -0.4 is 29.6 Å². The van der Waals surface area contributed by atoms with Crippen molar-refractivity contribution in [2.24, 2.45) is 0 Å². The van der Waals surface area contributed by atoms with Gasteiger partial charge in [0.2, 0.25) is 0 Å². The van der Waals surface area contributed by atoms with Gasteiger partial charge in [0.15, 0.2) is 0 Å². The summed E-state index contributed by atoms with van der Waals surface area (Å²) in [6.07, 6.45) is 0. The Labute approximate surface area is 133 Å². The third-order valence-electron chi connectivity index (χ3n) is 1.81. The molecule has 3 N–H and O–H groups in total. The second kappa shape index (κ2) is 6.13. The van der Waals surface area contributed by atoms with Crippen LogP contribution in [0.15, 0.2) is 21.5 Å². The summed E-state index contributed by atoms with van der Waals surface area (Å²) in [4.78, 5) is 20.7. The average molecular weight is 349 g/mol. The van der Waals surface area contributed by atoms with Crippen LogP contribution in [0.4, 0.5) is 0 Å². The predicted molar refractivity (Wildman–Crippen MR) is 59.0 cm³/mol. The van der Waals surface area contributed by atoms with Gasteiger partial charge in [-0.3, -0.25) is 4.55 Å². The Kier molecular flexibility index (Phi) is 5.98. The van der Waals surface area contributed by atoms with Gasteiger partial charge in [-0.2, -0.15) is 8.42 Å². The van der Waals surface area contributed by atoms with E-state index in [2.05, 4.69) is 15.9 Å². The number of rotatable bonds is 3. The van der Waals surface area contributed by atoms with Crippen LogP contribution in [-0.4, -0.2) is 35.1 Å². The molecule has 0 aliphatic heterocycles. The third-order valence-corrected chi connectivity index (χ3v) is 3.68. The molecular weight excluding hydrogens is 343 g/mol. The molecule has 0 saturated carbocycles. The van der Waals surface area contributed by atoms with Crippen LogP contribution in [0.1, 0.15) is 22.1 Å². The van der Waals surface area contributed by atoms with Crippen molar-refractivity contribution in [1.82, 2.24) is 0 Å². The van der Waals surface area contributed by atoms with E-state index in [1.165, 1.54) is 0 Å². The fraction of sp³-hybridized carbons (Fsp3) is 0. The van der Waals surface area contributed by atoms with E-state index >= 15 is 0 Å². The molecule has 7 nitrogen and oxygen atoms in total. The van der Waals surface area contributed by atoms with E-state index in [4.69, 9.17) is 14.8 Å². The molecule has 0 saturated heterocycles. The van der Waals surface area contributed by atoms with Crippen LogP contribution in [0, 0.1) is 0 Å². The zero-order valence-corrected chi connectivity index (χ0v) is 13.3. The van der Waals surface area contributed by atoms with Gasteiger partial charge in [0.1, 0.15) is 4.90 Å². The zero-order chi connectivity index (χ0) is 13.4. The van der Waals surface area contributed by atoms with Gasteiger partial charge < -0.3 is 11.6 Å². The Morgan fingerprint density at radius 3 is 2.00 bits per heavy atom. The molecule has 0 amide bonds. The summed E-state index contributed by atoms with van der Waals surface area (Å²) in [6, 6.07) is 1.95. The first-order valence-corrected chi connectivity index (χ1v) is 6.16. The van der Waals surface area contributed by atoms with Gasteiger partial charge in [0.05, 0.1) is 11.1 Å². The summed E-state index contributed by atoms with van der Waals surface area (Å²) >= 11 is 2.74. The number of hydrogen-bond donors (Lipinski definition) is 3. The number of hydrogen-bond acceptors (Lipinski definition) is 4. The standard InChI is InChI=1S/C8H5BrO7S.Na.H/c9-4-2-1-3(7(10)11)5(8(12)13)6(4)17(14,15)16;;/h1-2H,(H,10,11)(H,12,13)(H,14,15,16);;/q;+1;-1. The average Bonchev–Trinajstić information content (AvgIpc) is 2.14. The molecule has 1 aromatic rings. The van der Waals surface area contributed by atoms with E-state index in [0.29, 0.717) is 0 Å². The Bertz CT molecular complexity index is 616.